The Balaban J connectivity index is 1.25. The fourth-order valence-corrected chi connectivity index (χ4v) is 8.26. The zero-order chi connectivity index (χ0) is 27.5. The Bertz CT molecular complexity index is 1560. The summed E-state index contributed by atoms with van der Waals surface area (Å²) in [5.41, 5.74) is 4.72. The SMILES string of the molecule is COc1ccc(S(=O)(=O)N(C)C)c(CC2CCN(C(=O)[C@@]34C[C@@H](c5ccccc53)c3ccc(Cl)cc34)CC2)c1. The van der Waals surface area contributed by atoms with Gasteiger partial charge in [0.05, 0.1) is 12.0 Å². The van der Waals surface area contributed by atoms with E-state index in [4.69, 9.17) is 16.3 Å². The van der Waals surface area contributed by atoms with E-state index in [1.165, 1.54) is 15.4 Å². The van der Waals surface area contributed by atoms with Crippen LogP contribution in [-0.4, -0.2) is 57.8 Å². The van der Waals surface area contributed by atoms with Gasteiger partial charge in [0.25, 0.3) is 0 Å². The molecule has 6 rings (SSSR count). The molecule has 2 bridgehead atoms. The number of likely N-dealkylation sites (tertiary alicyclic amines) is 1. The van der Waals surface area contributed by atoms with Crippen LogP contribution in [0.3, 0.4) is 0 Å². The highest BCUT2D eigenvalue weighted by molar-refractivity contribution is 7.89. The number of piperidine rings is 1. The molecule has 3 aromatic rings. The van der Waals surface area contributed by atoms with E-state index in [1.807, 2.05) is 29.2 Å². The van der Waals surface area contributed by atoms with Gasteiger partial charge in [-0.05, 0) is 89.8 Å². The van der Waals surface area contributed by atoms with Crippen LogP contribution < -0.4 is 4.74 Å². The van der Waals surface area contributed by atoms with E-state index >= 15 is 0 Å². The first-order chi connectivity index (χ1) is 18.7. The van der Waals surface area contributed by atoms with Gasteiger partial charge in [0.2, 0.25) is 15.9 Å². The van der Waals surface area contributed by atoms with Gasteiger partial charge in [-0.1, -0.05) is 41.9 Å². The van der Waals surface area contributed by atoms with E-state index in [2.05, 4.69) is 24.3 Å². The van der Waals surface area contributed by atoms with E-state index < -0.39 is 15.4 Å². The predicted molar refractivity (Wildman–Crippen MR) is 152 cm³/mol. The number of carbonyl (C=O) groups is 1. The van der Waals surface area contributed by atoms with Gasteiger partial charge in [0.1, 0.15) is 11.2 Å². The second-order valence-corrected chi connectivity index (χ2v) is 13.7. The quantitative estimate of drug-likeness (QED) is 0.412. The number of fused-ring (bicyclic) bond motifs is 8. The van der Waals surface area contributed by atoms with Gasteiger partial charge in [-0.3, -0.25) is 4.79 Å². The van der Waals surface area contributed by atoms with E-state index in [-0.39, 0.29) is 17.7 Å². The third-order valence-corrected chi connectivity index (χ3v) is 11.1. The van der Waals surface area contributed by atoms with Crippen molar-refractivity contribution in [2.24, 2.45) is 5.92 Å². The van der Waals surface area contributed by atoms with Crippen LogP contribution in [0.15, 0.2) is 65.6 Å². The molecule has 3 aliphatic rings. The summed E-state index contributed by atoms with van der Waals surface area (Å²) < 4.78 is 32.7. The lowest BCUT2D eigenvalue weighted by molar-refractivity contribution is -0.137. The van der Waals surface area contributed by atoms with E-state index in [1.54, 1.807) is 33.3 Å². The fraction of sp³-hybridized carbons (Fsp3) is 0.387. The van der Waals surface area contributed by atoms with Crippen molar-refractivity contribution in [3.05, 3.63) is 93.5 Å². The monoisotopic (exact) mass is 564 g/mol. The van der Waals surface area contributed by atoms with Crippen LogP contribution in [0, 0.1) is 5.92 Å². The van der Waals surface area contributed by atoms with Crippen LogP contribution in [0.2, 0.25) is 5.02 Å². The lowest BCUT2D eigenvalue weighted by Gasteiger charge is -2.39. The summed E-state index contributed by atoms with van der Waals surface area (Å²) in [6.45, 7) is 1.29. The molecule has 1 saturated heterocycles. The Kier molecular flexibility index (Phi) is 6.52. The summed E-state index contributed by atoms with van der Waals surface area (Å²) in [5.74, 6) is 1.29. The molecule has 2 aliphatic carbocycles. The number of sulfonamides is 1. The Morgan fingerprint density at radius 1 is 1.03 bits per heavy atom. The highest BCUT2D eigenvalue weighted by Crippen LogP contribution is 2.61. The van der Waals surface area contributed by atoms with Crippen molar-refractivity contribution >= 4 is 27.5 Å². The third-order valence-electron chi connectivity index (χ3n) is 8.96. The highest BCUT2D eigenvalue weighted by atomic mass is 35.5. The van der Waals surface area contributed by atoms with Crippen molar-refractivity contribution in [2.75, 3.05) is 34.3 Å². The van der Waals surface area contributed by atoms with Crippen LogP contribution in [0.5, 0.6) is 5.75 Å². The second-order valence-electron chi connectivity index (χ2n) is 11.2. The van der Waals surface area contributed by atoms with Crippen molar-refractivity contribution in [2.45, 2.75) is 41.9 Å². The predicted octanol–water partition coefficient (Wildman–Crippen LogP) is 5.22. The minimum absolute atomic E-state index is 0.161. The van der Waals surface area contributed by atoms with Crippen LogP contribution in [-0.2, 0) is 26.7 Å². The zero-order valence-corrected chi connectivity index (χ0v) is 24.1. The summed E-state index contributed by atoms with van der Waals surface area (Å²) in [6.07, 6.45) is 3.01. The van der Waals surface area contributed by atoms with E-state index in [9.17, 15) is 13.2 Å². The zero-order valence-electron chi connectivity index (χ0n) is 22.5. The molecule has 1 amide bonds. The first-order valence-corrected chi connectivity index (χ1v) is 15.3. The molecule has 8 heteroatoms. The summed E-state index contributed by atoms with van der Waals surface area (Å²) >= 11 is 6.44. The summed E-state index contributed by atoms with van der Waals surface area (Å²) in [6, 6.07) is 19.5. The van der Waals surface area contributed by atoms with Gasteiger partial charge in [-0.25, -0.2) is 12.7 Å². The number of carbonyl (C=O) groups excluding carboxylic acids is 1. The smallest absolute Gasteiger partial charge is 0.242 e. The molecule has 6 nitrogen and oxygen atoms in total. The molecule has 0 aromatic heterocycles. The Morgan fingerprint density at radius 3 is 2.46 bits per heavy atom. The molecule has 1 heterocycles. The molecular weight excluding hydrogens is 532 g/mol. The summed E-state index contributed by atoms with van der Waals surface area (Å²) in [5, 5.41) is 0.659. The molecule has 0 spiro atoms. The first-order valence-electron chi connectivity index (χ1n) is 13.4. The Labute approximate surface area is 235 Å². The molecule has 0 N–H and O–H groups in total. The fourth-order valence-electron chi connectivity index (χ4n) is 6.98. The van der Waals surface area contributed by atoms with Gasteiger partial charge < -0.3 is 9.64 Å². The Morgan fingerprint density at radius 2 is 1.74 bits per heavy atom. The average Bonchev–Trinajstić information content (AvgIpc) is 3.46. The third kappa shape index (κ3) is 4.09. The van der Waals surface area contributed by atoms with Crippen LogP contribution in [0.4, 0.5) is 0 Å². The molecule has 2 atom stereocenters. The van der Waals surface area contributed by atoms with Crippen LogP contribution in [0.25, 0.3) is 0 Å². The van der Waals surface area contributed by atoms with E-state index in [0.29, 0.717) is 35.2 Å². The lowest BCUT2D eigenvalue weighted by atomic mass is 9.73. The van der Waals surface area contributed by atoms with Gasteiger partial charge in [0.15, 0.2) is 0 Å². The Hall–Kier alpha value is -2.87. The molecule has 39 heavy (non-hydrogen) atoms. The summed E-state index contributed by atoms with van der Waals surface area (Å²) in [7, 11) is 1.10. The maximum Gasteiger partial charge on any atom is 0.242 e. The van der Waals surface area contributed by atoms with Crippen molar-refractivity contribution in [3.8, 4) is 5.75 Å². The molecule has 0 saturated carbocycles. The van der Waals surface area contributed by atoms with Gasteiger partial charge in [-0.15, -0.1) is 0 Å². The van der Waals surface area contributed by atoms with Crippen molar-refractivity contribution in [3.63, 3.8) is 0 Å². The normalized spacial score (nSPS) is 22.2. The number of ether oxygens (including phenoxy) is 1. The van der Waals surface area contributed by atoms with E-state index in [0.717, 1.165) is 36.0 Å². The van der Waals surface area contributed by atoms with Gasteiger partial charge in [-0.2, -0.15) is 0 Å². The number of methoxy groups -OCH3 is 1. The summed E-state index contributed by atoms with van der Waals surface area (Å²) in [4.78, 5) is 16.7. The highest BCUT2D eigenvalue weighted by Gasteiger charge is 2.58. The molecule has 1 fully saturated rings. The van der Waals surface area contributed by atoms with Gasteiger partial charge in [0, 0.05) is 38.1 Å². The van der Waals surface area contributed by atoms with Gasteiger partial charge >= 0.3 is 0 Å². The number of halogens is 1. The van der Waals surface area contributed by atoms with Crippen molar-refractivity contribution in [1.29, 1.82) is 0 Å². The number of amides is 1. The molecule has 1 aliphatic heterocycles. The molecular formula is C31H33ClN2O4S. The average molecular weight is 565 g/mol. The molecule has 0 radical (unpaired) electrons. The number of hydrogen-bond acceptors (Lipinski definition) is 4. The number of nitrogens with zero attached hydrogens (tertiary/aromatic N) is 2. The standard InChI is InChI=1S/C31H33ClN2O4S/c1-33(2)39(36,37)29-11-9-23(38-3)17-21(29)16-20-12-14-34(15-13-20)30(35)31-19-26(24-6-4-5-7-27(24)31)25-10-8-22(32)18-28(25)31/h4-11,17-18,20,26H,12-16,19H2,1-3H3/t26-,31-/m0/s1. The molecule has 204 valence electrons. The molecule has 3 aromatic carbocycles. The number of rotatable bonds is 6. The maximum atomic E-state index is 14.4. The molecule has 0 unspecified atom stereocenters. The number of benzene rings is 3. The minimum Gasteiger partial charge on any atom is -0.497 e. The van der Waals surface area contributed by atoms with Crippen LogP contribution >= 0.6 is 11.6 Å². The maximum absolute atomic E-state index is 14.4. The number of hydrogen-bond donors (Lipinski definition) is 0. The first kappa shape index (κ1) is 26.4. The lowest BCUT2D eigenvalue weighted by Crippen LogP contribution is -2.49. The van der Waals surface area contributed by atoms with Crippen molar-refractivity contribution < 1.29 is 17.9 Å². The second kappa shape index (κ2) is 9.65. The topological polar surface area (TPSA) is 66.9 Å². The minimum atomic E-state index is -3.58. The largest absolute Gasteiger partial charge is 0.497 e. The van der Waals surface area contributed by atoms with Crippen LogP contribution in [0.1, 0.15) is 53.0 Å². The van der Waals surface area contributed by atoms with Crippen molar-refractivity contribution in [1.82, 2.24) is 9.21 Å².